The molecular weight excluding hydrogens is 476 g/mol. The minimum Gasteiger partial charge on any atom is -0.484 e. The molecule has 3 aromatic rings. The molecule has 36 heavy (non-hydrogen) atoms. The molecule has 9 nitrogen and oxygen atoms in total. The summed E-state index contributed by atoms with van der Waals surface area (Å²) in [7, 11) is 1.83. The third-order valence-corrected chi connectivity index (χ3v) is 6.79. The van der Waals surface area contributed by atoms with E-state index < -0.39 is 0 Å². The standard InChI is InChI=1S/C26H28N6O3S/c1-28-18-6-8-19(9-7-18)30-24(33)16-35-21-5-2-4-17(14-21)25(34)32-26-31-22-11-10-20(15-23(22)36-26)29-13-3-12-27/h2,4-9,14,20,28-29H,3,10-11,13,15-16H2,1H3,(H,30,33)(H,31,32,34). The fourth-order valence-electron chi connectivity index (χ4n) is 3.90. The maximum atomic E-state index is 12.8. The van der Waals surface area contributed by atoms with Crippen LogP contribution in [0.3, 0.4) is 0 Å². The molecule has 1 heterocycles. The van der Waals surface area contributed by atoms with E-state index in [1.807, 2.05) is 19.2 Å². The average molecular weight is 505 g/mol. The summed E-state index contributed by atoms with van der Waals surface area (Å²) in [6.45, 7) is 0.504. The number of benzene rings is 2. The molecule has 4 N–H and O–H groups in total. The van der Waals surface area contributed by atoms with Crippen molar-refractivity contribution in [3.63, 3.8) is 0 Å². The van der Waals surface area contributed by atoms with Gasteiger partial charge in [0, 0.05) is 47.9 Å². The Morgan fingerprint density at radius 2 is 1.97 bits per heavy atom. The number of nitrogens with one attached hydrogen (secondary N) is 4. The lowest BCUT2D eigenvalue weighted by molar-refractivity contribution is -0.118. The van der Waals surface area contributed by atoms with Gasteiger partial charge in [0.1, 0.15) is 5.75 Å². The second-order valence-corrected chi connectivity index (χ2v) is 9.42. The van der Waals surface area contributed by atoms with Gasteiger partial charge < -0.3 is 20.7 Å². The zero-order valence-electron chi connectivity index (χ0n) is 20.0. The van der Waals surface area contributed by atoms with Crippen LogP contribution in [0, 0.1) is 11.3 Å². The summed E-state index contributed by atoms with van der Waals surface area (Å²) in [6, 6.07) is 16.5. The first kappa shape index (κ1) is 25.2. The largest absolute Gasteiger partial charge is 0.484 e. The van der Waals surface area contributed by atoms with Crippen molar-refractivity contribution >= 4 is 39.7 Å². The quantitative estimate of drug-likeness (QED) is 0.309. The third-order valence-electron chi connectivity index (χ3n) is 5.75. The number of rotatable bonds is 10. The minimum absolute atomic E-state index is 0.179. The van der Waals surface area contributed by atoms with E-state index in [0.29, 0.717) is 41.1 Å². The molecule has 1 unspecified atom stereocenters. The smallest absolute Gasteiger partial charge is 0.262 e. The molecule has 4 rings (SSSR count). The van der Waals surface area contributed by atoms with Crippen molar-refractivity contribution in [1.82, 2.24) is 10.3 Å². The number of nitrogens with zero attached hydrogens (tertiary/aromatic N) is 2. The lowest BCUT2D eigenvalue weighted by atomic mass is 9.98. The Kier molecular flexibility index (Phi) is 8.49. The van der Waals surface area contributed by atoms with Gasteiger partial charge in [-0.05, 0) is 61.7 Å². The van der Waals surface area contributed by atoms with Crippen LogP contribution in [0.25, 0.3) is 0 Å². The van der Waals surface area contributed by atoms with Gasteiger partial charge in [-0.3, -0.25) is 14.9 Å². The fraction of sp³-hybridized carbons (Fsp3) is 0.308. The third kappa shape index (κ3) is 6.81. The summed E-state index contributed by atoms with van der Waals surface area (Å²) < 4.78 is 5.60. The van der Waals surface area contributed by atoms with E-state index in [2.05, 4.69) is 32.3 Å². The van der Waals surface area contributed by atoms with Gasteiger partial charge in [-0.2, -0.15) is 5.26 Å². The van der Waals surface area contributed by atoms with Crippen molar-refractivity contribution < 1.29 is 14.3 Å². The van der Waals surface area contributed by atoms with Gasteiger partial charge in [0.2, 0.25) is 0 Å². The van der Waals surface area contributed by atoms with Crippen LogP contribution >= 0.6 is 11.3 Å². The maximum Gasteiger partial charge on any atom is 0.262 e. The van der Waals surface area contributed by atoms with E-state index in [9.17, 15) is 9.59 Å². The number of carbonyl (C=O) groups is 2. The van der Waals surface area contributed by atoms with Crippen LogP contribution in [0.2, 0.25) is 0 Å². The van der Waals surface area contributed by atoms with E-state index in [0.717, 1.165) is 35.5 Å². The predicted molar refractivity (Wildman–Crippen MR) is 141 cm³/mol. The highest BCUT2D eigenvalue weighted by molar-refractivity contribution is 7.15. The molecule has 10 heteroatoms. The van der Waals surface area contributed by atoms with Crippen molar-refractivity contribution in [3.8, 4) is 11.8 Å². The number of nitriles is 1. The molecule has 0 saturated carbocycles. The van der Waals surface area contributed by atoms with Crippen LogP contribution in [0.4, 0.5) is 16.5 Å². The van der Waals surface area contributed by atoms with E-state index in [1.54, 1.807) is 36.4 Å². The second-order valence-electron chi connectivity index (χ2n) is 8.34. The number of fused-ring (bicyclic) bond motifs is 1. The van der Waals surface area contributed by atoms with E-state index in [-0.39, 0.29) is 18.4 Å². The van der Waals surface area contributed by atoms with Crippen LogP contribution in [-0.4, -0.2) is 43.0 Å². The second kappa shape index (κ2) is 12.2. The normalized spacial score (nSPS) is 14.3. The molecular formula is C26H28N6O3S. The first-order chi connectivity index (χ1) is 17.5. The van der Waals surface area contributed by atoms with Crippen LogP contribution in [-0.2, 0) is 17.6 Å². The molecule has 1 aliphatic rings. The highest BCUT2D eigenvalue weighted by Crippen LogP contribution is 2.30. The molecule has 2 amide bonds. The fourth-order valence-corrected chi connectivity index (χ4v) is 4.98. The van der Waals surface area contributed by atoms with Gasteiger partial charge in [-0.15, -0.1) is 11.3 Å². The number of carbonyl (C=O) groups excluding carboxylic acids is 2. The molecule has 186 valence electrons. The Hall–Kier alpha value is -3.94. The Morgan fingerprint density at radius 1 is 1.17 bits per heavy atom. The summed E-state index contributed by atoms with van der Waals surface area (Å²) >= 11 is 1.49. The molecule has 2 aromatic carbocycles. The zero-order chi connectivity index (χ0) is 25.3. The van der Waals surface area contributed by atoms with Crippen LogP contribution < -0.4 is 26.0 Å². The molecule has 1 aromatic heterocycles. The Balaban J connectivity index is 1.29. The van der Waals surface area contributed by atoms with Gasteiger partial charge in [0.05, 0.1) is 11.8 Å². The van der Waals surface area contributed by atoms with Gasteiger partial charge in [0.25, 0.3) is 11.8 Å². The SMILES string of the molecule is CNc1ccc(NC(=O)COc2cccc(C(=O)Nc3nc4c(s3)CC(NCCC#N)CC4)c2)cc1. The Labute approximate surface area is 213 Å². The molecule has 0 spiro atoms. The first-order valence-corrected chi connectivity index (χ1v) is 12.6. The number of amides is 2. The summed E-state index contributed by atoms with van der Waals surface area (Å²) in [4.78, 5) is 30.8. The number of ether oxygens (including phenoxy) is 1. The molecule has 0 saturated heterocycles. The number of aryl methyl sites for hydroxylation is 1. The van der Waals surface area contributed by atoms with Crippen molar-refractivity contribution in [2.24, 2.45) is 0 Å². The predicted octanol–water partition coefficient (Wildman–Crippen LogP) is 3.82. The van der Waals surface area contributed by atoms with E-state index >= 15 is 0 Å². The minimum atomic E-state index is -0.296. The summed E-state index contributed by atoms with van der Waals surface area (Å²) in [5.41, 5.74) is 3.06. The molecule has 0 bridgehead atoms. The summed E-state index contributed by atoms with van der Waals surface area (Å²) in [6.07, 6.45) is 3.14. The van der Waals surface area contributed by atoms with Gasteiger partial charge in [-0.25, -0.2) is 4.98 Å². The van der Waals surface area contributed by atoms with Crippen molar-refractivity contribution in [2.45, 2.75) is 31.7 Å². The monoisotopic (exact) mass is 504 g/mol. The Bertz CT molecular complexity index is 1250. The number of thiazole rings is 1. The molecule has 0 radical (unpaired) electrons. The number of hydrogen-bond acceptors (Lipinski definition) is 8. The maximum absolute atomic E-state index is 12.8. The lowest BCUT2D eigenvalue weighted by Gasteiger charge is -2.21. The summed E-state index contributed by atoms with van der Waals surface area (Å²) in [5.74, 6) is -0.159. The van der Waals surface area contributed by atoms with Crippen LogP contribution in [0.1, 0.15) is 33.8 Å². The number of hydrogen-bond donors (Lipinski definition) is 4. The van der Waals surface area contributed by atoms with Crippen LogP contribution in [0.15, 0.2) is 48.5 Å². The van der Waals surface area contributed by atoms with E-state index in [1.165, 1.54) is 11.3 Å². The topological polar surface area (TPSA) is 128 Å². The molecule has 1 aliphatic carbocycles. The lowest BCUT2D eigenvalue weighted by Crippen LogP contribution is -2.34. The van der Waals surface area contributed by atoms with Crippen molar-refractivity contribution in [1.29, 1.82) is 5.26 Å². The molecule has 0 fully saturated rings. The van der Waals surface area contributed by atoms with Crippen molar-refractivity contribution in [2.75, 3.05) is 36.1 Å². The average Bonchev–Trinajstić information content (AvgIpc) is 3.30. The molecule has 1 atom stereocenters. The summed E-state index contributed by atoms with van der Waals surface area (Å²) in [5, 5.41) is 21.4. The highest BCUT2D eigenvalue weighted by Gasteiger charge is 2.23. The van der Waals surface area contributed by atoms with Crippen LogP contribution in [0.5, 0.6) is 5.75 Å². The number of anilines is 3. The molecule has 0 aliphatic heterocycles. The first-order valence-electron chi connectivity index (χ1n) is 11.7. The van der Waals surface area contributed by atoms with Gasteiger partial charge in [-0.1, -0.05) is 6.07 Å². The van der Waals surface area contributed by atoms with E-state index in [4.69, 9.17) is 10.00 Å². The zero-order valence-corrected chi connectivity index (χ0v) is 20.8. The van der Waals surface area contributed by atoms with Gasteiger partial charge in [0.15, 0.2) is 11.7 Å². The number of aromatic nitrogens is 1. The Morgan fingerprint density at radius 3 is 2.75 bits per heavy atom. The van der Waals surface area contributed by atoms with Gasteiger partial charge >= 0.3 is 0 Å². The van der Waals surface area contributed by atoms with Crippen molar-refractivity contribution in [3.05, 3.63) is 64.7 Å². The highest BCUT2D eigenvalue weighted by atomic mass is 32.1.